The molecule has 2 heterocycles. The van der Waals surface area contributed by atoms with Crippen LogP contribution >= 0.6 is 0 Å². The van der Waals surface area contributed by atoms with Gasteiger partial charge in [0.2, 0.25) is 0 Å². The normalized spacial score (nSPS) is 14.0. The van der Waals surface area contributed by atoms with Crippen LogP contribution in [0.25, 0.3) is 11.2 Å². The highest BCUT2D eigenvalue weighted by atomic mass is 19.1. The van der Waals surface area contributed by atoms with Crippen molar-refractivity contribution in [3.8, 4) is 0 Å². The molecule has 0 atom stereocenters. The number of hydrogen-bond acceptors (Lipinski definition) is 5. The zero-order valence-corrected chi connectivity index (χ0v) is 17.7. The lowest BCUT2D eigenvalue weighted by Gasteiger charge is -2.10. The van der Waals surface area contributed by atoms with Crippen molar-refractivity contribution in [2.24, 2.45) is 0 Å². The smallest absolute Gasteiger partial charge is 0.272 e. The molecule has 1 saturated carbocycles. The van der Waals surface area contributed by atoms with E-state index in [1.54, 1.807) is 18.2 Å². The van der Waals surface area contributed by atoms with E-state index in [2.05, 4.69) is 30.6 Å². The average molecular weight is 448 g/mol. The number of aromatic nitrogens is 4. The summed E-state index contributed by atoms with van der Waals surface area (Å²) in [7, 11) is 0. The SMILES string of the molecule is O=C(NCc1cc(F)cc(Nc2ccc(F)cc2)c1)c1ncnc2nc(C3CCCC3)[nH]c12. The number of anilines is 2. The molecule has 3 N–H and O–H groups in total. The van der Waals surface area contributed by atoms with Crippen molar-refractivity contribution >= 4 is 28.4 Å². The molecule has 0 radical (unpaired) electrons. The lowest BCUT2D eigenvalue weighted by atomic mass is 10.1. The molecule has 0 unspecified atom stereocenters. The quantitative estimate of drug-likeness (QED) is 0.387. The molecule has 168 valence electrons. The number of aromatic amines is 1. The molecule has 1 aliphatic carbocycles. The Labute approximate surface area is 188 Å². The third-order valence-corrected chi connectivity index (χ3v) is 5.81. The highest BCUT2D eigenvalue weighted by molar-refractivity contribution is 6.02. The number of nitrogens with one attached hydrogen (secondary N) is 3. The monoisotopic (exact) mass is 448 g/mol. The molecular weight excluding hydrogens is 426 g/mol. The van der Waals surface area contributed by atoms with Gasteiger partial charge in [0.25, 0.3) is 5.91 Å². The molecule has 9 heteroatoms. The third-order valence-electron chi connectivity index (χ3n) is 5.81. The minimum absolute atomic E-state index is 0.101. The molecule has 2 aromatic heterocycles. The van der Waals surface area contributed by atoms with Gasteiger partial charge in [-0.25, -0.2) is 23.7 Å². The van der Waals surface area contributed by atoms with Crippen LogP contribution < -0.4 is 10.6 Å². The number of amides is 1. The van der Waals surface area contributed by atoms with Crippen LogP contribution in [0, 0.1) is 11.6 Å². The van der Waals surface area contributed by atoms with Crippen molar-refractivity contribution in [3.63, 3.8) is 0 Å². The molecule has 4 aromatic rings. The highest BCUT2D eigenvalue weighted by Crippen LogP contribution is 2.33. The lowest BCUT2D eigenvalue weighted by Crippen LogP contribution is -2.24. The first kappa shape index (κ1) is 21.0. The fraction of sp³-hybridized carbons (Fsp3) is 0.250. The number of rotatable bonds is 6. The summed E-state index contributed by atoms with van der Waals surface area (Å²) in [5.41, 5.74) is 2.86. The zero-order chi connectivity index (χ0) is 22.8. The number of H-pyrrole nitrogens is 1. The Morgan fingerprint density at radius 2 is 1.79 bits per heavy atom. The number of imidazole rings is 1. The number of carbonyl (C=O) groups excluding carboxylic acids is 1. The second kappa shape index (κ2) is 8.93. The number of benzene rings is 2. The molecule has 33 heavy (non-hydrogen) atoms. The molecule has 5 rings (SSSR count). The predicted molar refractivity (Wildman–Crippen MR) is 120 cm³/mol. The summed E-state index contributed by atoms with van der Waals surface area (Å²) < 4.78 is 27.3. The molecule has 0 bridgehead atoms. The maximum atomic E-state index is 14.2. The molecular formula is C24H22F2N6O. The van der Waals surface area contributed by atoms with E-state index in [0.29, 0.717) is 34.0 Å². The molecule has 1 fully saturated rings. The van der Waals surface area contributed by atoms with Gasteiger partial charge in [-0.3, -0.25) is 4.79 Å². The second-order valence-electron chi connectivity index (χ2n) is 8.19. The summed E-state index contributed by atoms with van der Waals surface area (Å²) >= 11 is 0. The van der Waals surface area contributed by atoms with E-state index in [-0.39, 0.29) is 18.1 Å². The molecule has 7 nitrogen and oxygen atoms in total. The largest absolute Gasteiger partial charge is 0.355 e. The predicted octanol–water partition coefficient (Wildman–Crippen LogP) is 4.96. The van der Waals surface area contributed by atoms with Gasteiger partial charge < -0.3 is 15.6 Å². The topological polar surface area (TPSA) is 95.6 Å². The van der Waals surface area contributed by atoms with Crippen molar-refractivity contribution in [2.75, 3.05) is 5.32 Å². The Morgan fingerprint density at radius 3 is 2.58 bits per heavy atom. The van der Waals surface area contributed by atoms with E-state index >= 15 is 0 Å². The van der Waals surface area contributed by atoms with Gasteiger partial charge in [0.15, 0.2) is 11.3 Å². The van der Waals surface area contributed by atoms with Crippen LogP contribution in [-0.2, 0) is 6.54 Å². The molecule has 1 aliphatic rings. The van der Waals surface area contributed by atoms with E-state index in [4.69, 9.17) is 0 Å². The summed E-state index contributed by atoms with van der Waals surface area (Å²) in [6.07, 6.45) is 5.81. The van der Waals surface area contributed by atoms with Crippen LogP contribution in [0.3, 0.4) is 0 Å². The summed E-state index contributed by atoms with van der Waals surface area (Å²) in [5, 5.41) is 5.82. The summed E-state index contributed by atoms with van der Waals surface area (Å²) in [6.45, 7) is 0.101. The number of nitrogens with zero attached hydrogens (tertiary/aromatic N) is 3. The molecule has 0 aliphatic heterocycles. The molecule has 2 aromatic carbocycles. The standard InChI is InChI=1S/C24H22F2N6O/c25-16-5-7-18(8-6-16)30-19-10-14(9-17(26)11-19)12-27-24(33)21-20-23(29-13-28-21)32-22(31-20)15-3-1-2-4-15/h5-11,13,15,30H,1-4,12H2,(H,27,33)(H,28,29,31,32). The minimum Gasteiger partial charge on any atom is -0.355 e. The van der Waals surface area contributed by atoms with Crippen LogP contribution in [0.4, 0.5) is 20.2 Å². The number of fused-ring (bicyclic) bond motifs is 1. The first-order valence-electron chi connectivity index (χ1n) is 10.9. The number of carbonyl (C=O) groups is 1. The zero-order valence-electron chi connectivity index (χ0n) is 17.7. The van der Waals surface area contributed by atoms with Gasteiger partial charge in [0.1, 0.15) is 29.3 Å². The van der Waals surface area contributed by atoms with Crippen molar-refractivity contribution in [3.05, 3.63) is 77.5 Å². The Balaban J connectivity index is 1.31. The third kappa shape index (κ3) is 4.67. The van der Waals surface area contributed by atoms with Crippen molar-refractivity contribution in [2.45, 2.75) is 38.1 Å². The number of halogens is 2. The Hall–Kier alpha value is -3.88. The molecule has 0 saturated heterocycles. The molecule has 1 amide bonds. The van der Waals surface area contributed by atoms with E-state index in [1.807, 2.05) is 0 Å². The maximum Gasteiger partial charge on any atom is 0.272 e. The van der Waals surface area contributed by atoms with Crippen LogP contribution in [0.2, 0.25) is 0 Å². The first-order chi connectivity index (χ1) is 16.0. The Morgan fingerprint density at radius 1 is 1.00 bits per heavy atom. The average Bonchev–Trinajstić information content (AvgIpc) is 3.48. The van der Waals surface area contributed by atoms with E-state index in [9.17, 15) is 13.6 Å². The van der Waals surface area contributed by atoms with Crippen LogP contribution in [0.1, 0.15) is 53.5 Å². The second-order valence-corrected chi connectivity index (χ2v) is 8.19. The van der Waals surface area contributed by atoms with E-state index in [0.717, 1.165) is 18.7 Å². The van der Waals surface area contributed by atoms with Gasteiger partial charge >= 0.3 is 0 Å². The summed E-state index contributed by atoms with van der Waals surface area (Å²) in [6, 6.07) is 10.2. The summed E-state index contributed by atoms with van der Waals surface area (Å²) in [5.74, 6) is -0.00494. The van der Waals surface area contributed by atoms with Gasteiger partial charge in [-0.05, 0) is 60.9 Å². The van der Waals surface area contributed by atoms with Crippen molar-refractivity contribution in [1.29, 1.82) is 0 Å². The Kier molecular flexibility index (Phi) is 5.68. The van der Waals surface area contributed by atoms with Gasteiger partial charge in [-0.1, -0.05) is 12.8 Å². The van der Waals surface area contributed by atoms with Crippen molar-refractivity contribution < 1.29 is 13.6 Å². The summed E-state index contributed by atoms with van der Waals surface area (Å²) in [4.78, 5) is 29.0. The minimum atomic E-state index is -0.453. The van der Waals surface area contributed by atoms with Gasteiger partial charge in [-0.2, -0.15) is 0 Å². The van der Waals surface area contributed by atoms with Gasteiger partial charge in [-0.15, -0.1) is 0 Å². The maximum absolute atomic E-state index is 14.2. The fourth-order valence-electron chi connectivity index (χ4n) is 4.20. The van der Waals surface area contributed by atoms with Gasteiger partial charge in [0, 0.05) is 23.8 Å². The fourth-order valence-corrected chi connectivity index (χ4v) is 4.20. The van der Waals surface area contributed by atoms with E-state index < -0.39 is 11.7 Å². The van der Waals surface area contributed by atoms with Crippen LogP contribution in [-0.4, -0.2) is 25.8 Å². The number of hydrogen-bond donors (Lipinski definition) is 3. The lowest BCUT2D eigenvalue weighted by molar-refractivity contribution is 0.0947. The van der Waals surface area contributed by atoms with Crippen LogP contribution in [0.5, 0.6) is 0 Å². The van der Waals surface area contributed by atoms with Crippen LogP contribution in [0.15, 0.2) is 48.8 Å². The first-order valence-corrected chi connectivity index (χ1v) is 10.9. The van der Waals surface area contributed by atoms with Gasteiger partial charge in [0.05, 0.1) is 0 Å². The molecule has 0 spiro atoms. The van der Waals surface area contributed by atoms with Crippen molar-refractivity contribution in [1.82, 2.24) is 25.3 Å². The van der Waals surface area contributed by atoms with E-state index in [1.165, 1.54) is 43.4 Å². The Bertz CT molecular complexity index is 1300. The highest BCUT2D eigenvalue weighted by Gasteiger charge is 2.23.